The van der Waals surface area contributed by atoms with E-state index in [9.17, 15) is 0 Å². The molecule has 14 heavy (non-hydrogen) atoms. The molecule has 0 aliphatic heterocycles. The lowest BCUT2D eigenvalue weighted by Crippen LogP contribution is -2.01. The van der Waals surface area contributed by atoms with E-state index < -0.39 is 0 Å². The Bertz CT molecular complexity index is 289. The van der Waals surface area contributed by atoms with Crippen LogP contribution in [0.25, 0.3) is 0 Å². The molecule has 0 aromatic heterocycles. The first-order valence-electron chi connectivity index (χ1n) is 4.31. The number of benzene rings is 1. The van der Waals surface area contributed by atoms with E-state index in [0.717, 1.165) is 6.42 Å². The zero-order chi connectivity index (χ0) is 10.4. The van der Waals surface area contributed by atoms with Gasteiger partial charge in [-0.3, -0.25) is 0 Å². The van der Waals surface area contributed by atoms with Crippen molar-refractivity contribution in [3.8, 4) is 5.75 Å². The summed E-state index contributed by atoms with van der Waals surface area (Å²) in [5, 5.41) is 0.975. The Kier molecular flexibility index (Phi) is 5.09. The Balaban J connectivity index is 2.46. The van der Waals surface area contributed by atoms with E-state index in [-0.39, 0.29) is 0 Å². The molecule has 0 aliphatic rings. The lowest BCUT2D eigenvalue weighted by Gasteiger charge is -2.07. The Morgan fingerprint density at radius 1 is 1.21 bits per heavy atom. The zero-order valence-corrected chi connectivity index (χ0v) is 9.44. The van der Waals surface area contributed by atoms with E-state index in [1.54, 1.807) is 25.3 Å². The van der Waals surface area contributed by atoms with Gasteiger partial charge >= 0.3 is 0 Å². The van der Waals surface area contributed by atoms with Crippen LogP contribution in [0.4, 0.5) is 0 Å². The summed E-state index contributed by atoms with van der Waals surface area (Å²) in [6.45, 7) is 1.26. The standard InChI is InChI=1S/C10H12Cl2O2/c1-13-6-3-7-14-9-5-2-4-8(11)10(9)12/h2,4-5H,3,6-7H2,1H3. The topological polar surface area (TPSA) is 18.5 Å². The molecule has 0 atom stereocenters. The molecule has 0 saturated carbocycles. The Labute approximate surface area is 93.7 Å². The van der Waals surface area contributed by atoms with Gasteiger partial charge in [0.25, 0.3) is 0 Å². The second-order valence-corrected chi connectivity index (χ2v) is 3.53. The highest BCUT2D eigenvalue weighted by Gasteiger charge is 2.04. The summed E-state index contributed by atoms with van der Waals surface area (Å²) in [5.74, 6) is 0.621. The number of hydrogen-bond donors (Lipinski definition) is 0. The van der Waals surface area contributed by atoms with Crippen molar-refractivity contribution in [3.63, 3.8) is 0 Å². The van der Waals surface area contributed by atoms with Gasteiger partial charge in [0.1, 0.15) is 10.8 Å². The highest BCUT2D eigenvalue weighted by molar-refractivity contribution is 6.42. The molecule has 0 spiro atoms. The van der Waals surface area contributed by atoms with E-state index >= 15 is 0 Å². The van der Waals surface area contributed by atoms with Crippen molar-refractivity contribution in [2.24, 2.45) is 0 Å². The molecule has 1 rings (SSSR count). The third kappa shape index (κ3) is 3.37. The molecule has 0 unspecified atom stereocenters. The Hall–Kier alpha value is -0.440. The minimum atomic E-state index is 0.464. The van der Waals surface area contributed by atoms with Crippen molar-refractivity contribution in [1.29, 1.82) is 0 Å². The molecule has 4 heteroatoms. The van der Waals surface area contributed by atoms with Gasteiger partial charge in [-0.1, -0.05) is 29.3 Å². The first kappa shape index (κ1) is 11.6. The van der Waals surface area contributed by atoms with Crippen LogP contribution in [-0.2, 0) is 4.74 Å². The maximum absolute atomic E-state index is 5.92. The van der Waals surface area contributed by atoms with Gasteiger partial charge in [-0.05, 0) is 12.1 Å². The van der Waals surface area contributed by atoms with Crippen LogP contribution in [0, 0.1) is 0 Å². The van der Waals surface area contributed by atoms with Crippen LogP contribution < -0.4 is 4.74 Å². The summed E-state index contributed by atoms with van der Waals surface area (Å²) < 4.78 is 10.3. The predicted molar refractivity (Wildman–Crippen MR) is 58.5 cm³/mol. The third-order valence-electron chi connectivity index (χ3n) is 1.67. The second kappa shape index (κ2) is 6.12. The van der Waals surface area contributed by atoms with Gasteiger partial charge in [0.15, 0.2) is 0 Å². The summed E-state index contributed by atoms with van der Waals surface area (Å²) in [7, 11) is 1.66. The fraction of sp³-hybridized carbons (Fsp3) is 0.400. The Morgan fingerprint density at radius 2 is 2.00 bits per heavy atom. The number of rotatable bonds is 5. The van der Waals surface area contributed by atoms with E-state index in [1.807, 2.05) is 0 Å². The number of methoxy groups -OCH3 is 1. The van der Waals surface area contributed by atoms with E-state index in [4.69, 9.17) is 32.7 Å². The maximum Gasteiger partial charge on any atom is 0.139 e. The monoisotopic (exact) mass is 234 g/mol. The normalized spacial score (nSPS) is 10.2. The molecular formula is C10H12Cl2O2. The molecule has 0 N–H and O–H groups in total. The number of hydrogen-bond acceptors (Lipinski definition) is 2. The van der Waals surface area contributed by atoms with Crippen LogP contribution in [0.3, 0.4) is 0 Å². The average Bonchev–Trinajstić information content (AvgIpc) is 2.19. The molecule has 1 aromatic carbocycles. The van der Waals surface area contributed by atoms with Crippen molar-refractivity contribution in [3.05, 3.63) is 28.2 Å². The molecule has 78 valence electrons. The van der Waals surface area contributed by atoms with E-state index in [1.165, 1.54) is 0 Å². The highest BCUT2D eigenvalue weighted by Crippen LogP contribution is 2.31. The van der Waals surface area contributed by atoms with Crippen LogP contribution >= 0.6 is 23.2 Å². The predicted octanol–water partition coefficient (Wildman–Crippen LogP) is 3.41. The van der Waals surface area contributed by atoms with Gasteiger partial charge in [-0.2, -0.15) is 0 Å². The van der Waals surface area contributed by atoms with Crippen molar-refractivity contribution in [2.45, 2.75) is 6.42 Å². The molecule has 0 saturated heterocycles. The number of halogens is 2. The third-order valence-corrected chi connectivity index (χ3v) is 2.47. The van der Waals surface area contributed by atoms with Gasteiger partial charge in [-0.25, -0.2) is 0 Å². The average molecular weight is 235 g/mol. The smallest absolute Gasteiger partial charge is 0.139 e. The van der Waals surface area contributed by atoms with Gasteiger partial charge in [0.05, 0.1) is 11.6 Å². The van der Waals surface area contributed by atoms with Crippen LogP contribution in [0.15, 0.2) is 18.2 Å². The van der Waals surface area contributed by atoms with Crippen LogP contribution in [0.5, 0.6) is 5.75 Å². The summed E-state index contributed by atoms with van der Waals surface area (Å²) in [5.41, 5.74) is 0. The van der Waals surface area contributed by atoms with E-state index in [0.29, 0.717) is 29.0 Å². The molecule has 0 aliphatic carbocycles. The highest BCUT2D eigenvalue weighted by atomic mass is 35.5. The minimum Gasteiger partial charge on any atom is -0.492 e. The second-order valence-electron chi connectivity index (χ2n) is 2.75. The largest absolute Gasteiger partial charge is 0.492 e. The van der Waals surface area contributed by atoms with Crippen molar-refractivity contribution >= 4 is 23.2 Å². The molecule has 0 fully saturated rings. The Morgan fingerprint density at radius 3 is 2.71 bits per heavy atom. The van der Waals surface area contributed by atoms with Crippen LogP contribution in [0.1, 0.15) is 6.42 Å². The summed E-state index contributed by atoms with van der Waals surface area (Å²) >= 11 is 11.7. The van der Waals surface area contributed by atoms with Crippen LogP contribution in [-0.4, -0.2) is 20.3 Å². The zero-order valence-electron chi connectivity index (χ0n) is 7.93. The molecule has 0 amide bonds. The summed E-state index contributed by atoms with van der Waals surface area (Å²) in [6, 6.07) is 5.33. The van der Waals surface area contributed by atoms with Gasteiger partial charge < -0.3 is 9.47 Å². The molecule has 1 aromatic rings. The van der Waals surface area contributed by atoms with E-state index in [2.05, 4.69) is 0 Å². The fourth-order valence-electron chi connectivity index (χ4n) is 0.981. The van der Waals surface area contributed by atoms with Crippen molar-refractivity contribution in [1.82, 2.24) is 0 Å². The van der Waals surface area contributed by atoms with Crippen molar-refractivity contribution < 1.29 is 9.47 Å². The summed E-state index contributed by atoms with van der Waals surface area (Å²) in [6.07, 6.45) is 0.833. The first-order chi connectivity index (χ1) is 6.75. The molecular weight excluding hydrogens is 223 g/mol. The van der Waals surface area contributed by atoms with Gasteiger partial charge in [0, 0.05) is 20.1 Å². The first-order valence-corrected chi connectivity index (χ1v) is 5.07. The lowest BCUT2D eigenvalue weighted by atomic mass is 10.3. The van der Waals surface area contributed by atoms with Gasteiger partial charge in [0.2, 0.25) is 0 Å². The SMILES string of the molecule is COCCCOc1cccc(Cl)c1Cl. The fourth-order valence-corrected chi connectivity index (χ4v) is 1.33. The maximum atomic E-state index is 5.92. The molecule has 0 radical (unpaired) electrons. The minimum absolute atomic E-state index is 0.464. The van der Waals surface area contributed by atoms with Crippen molar-refractivity contribution in [2.75, 3.05) is 20.3 Å². The quantitative estimate of drug-likeness (QED) is 0.728. The number of ether oxygens (including phenoxy) is 2. The summed E-state index contributed by atoms with van der Waals surface area (Å²) in [4.78, 5) is 0. The lowest BCUT2D eigenvalue weighted by molar-refractivity contribution is 0.172. The molecule has 2 nitrogen and oxygen atoms in total. The molecule has 0 bridgehead atoms. The van der Waals surface area contributed by atoms with Crippen LogP contribution in [0.2, 0.25) is 10.0 Å². The van der Waals surface area contributed by atoms with Gasteiger partial charge in [-0.15, -0.1) is 0 Å². The molecule has 0 heterocycles.